The molecule has 0 saturated carbocycles. The van der Waals surface area contributed by atoms with Gasteiger partial charge >= 0.3 is 0 Å². The van der Waals surface area contributed by atoms with Gasteiger partial charge in [0.2, 0.25) is 0 Å². The van der Waals surface area contributed by atoms with Crippen molar-refractivity contribution < 1.29 is 22.3 Å². The Labute approximate surface area is 127 Å². The van der Waals surface area contributed by atoms with Gasteiger partial charge in [-0.2, -0.15) is 5.26 Å². The molecule has 2 saturated heterocycles. The van der Waals surface area contributed by atoms with E-state index >= 15 is 0 Å². The van der Waals surface area contributed by atoms with E-state index in [1.807, 2.05) is 0 Å². The topological polar surface area (TPSA) is 78.2 Å². The second kappa shape index (κ2) is 5.00. The first kappa shape index (κ1) is 15.4. The van der Waals surface area contributed by atoms with Crippen molar-refractivity contribution in [1.82, 2.24) is 0 Å². The van der Waals surface area contributed by atoms with Crippen molar-refractivity contribution in [2.75, 3.05) is 0 Å². The van der Waals surface area contributed by atoms with E-state index in [2.05, 4.69) is 0 Å². The lowest BCUT2D eigenvalue weighted by Crippen LogP contribution is -2.50. The van der Waals surface area contributed by atoms with Crippen molar-refractivity contribution in [2.45, 2.75) is 48.2 Å². The second-order valence-corrected chi connectivity index (χ2v) is 8.64. The van der Waals surface area contributed by atoms with E-state index < -0.39 is 37.6 Å². The van der Waals surface area contributed by atoms with Crippen LogP contribution in [0.5, 0.6) is 0 Å². The molecule has 0 aliphatic carbocycles. The Morgan fingerprint density at radius 2 is 1.73 bits per heavy atom. The minimum atomic E-state index is -3.29. The van der Waals surface area contributed by atoms with Gasteiger partial charge in [0.1, 0.15) is 0 Å². The zero-order valence-corrected chi connectivity index (χ0v) is 12.5. The van der Waals surface area contributed by atoms with Gasteiger partial charge in [0.05, 0.1) is 27.7 Å². The lowest BCUT2D eigenvalue weighted by molar-refractivity contribution is 0.00441. The summed E-state index contributed by atoms with van der Waals surface area (Å²) in [4.78, 5) is 0. The number of hydrogen-bond donors (Lipinski definition) is 1. The Morgan fingerprint density at radius 3 is 2.27 bits per heavy atom. The molecule has 2 fully saturated rings. The minimum Gasteiger partial charge on any atom is -0.385 e. The predicted molar refractivity (Wildman–Crippen MR) is 74.6 cm³/mol. The van der Waals surface area contributed by atoms with E-state index in [-0.39, 0.29) is 24.0 Å². The van der Waals surface area contributed by atoms with Crippen LogP contribution in [0.4, 0.5) is 8.78 Å². The minimum absolute atomic E-state index is 0.0132. The Morgan fingerprint density at radius 1 is 1.18 bits per heavy atom. The van der Waals surface area contributed by atoms with Crippen LogP contribution < -0.4 is 0 Å². The smallest absolute Gasteiger partial charge is 0.160 e. The summed E-state index contributed by atoms with van der Waals surface area (Å²) in [7, 11) is -3.29. The third-order valence-electron chi connectivity index (χ3n) is 4.79. The molecule has 1 N–H and O–H groups in total. The maximum atomic E-state index is 13.5. The average molecular weight is 327 g/mol. The standard InChI is InChI=1S/C15H15F2NO3S/c16-13-4-9(8-18)12(5-14(13)17)15(19)6-10-2-1-3-11(7-15)22(10,20)21/h4-5,10-11,19H,1-3,6-7H2. The molecule has 2 heterocycles. The van der Waals surface area contributed by atoms with Crippen LogP contribution >= 0.6 is 0 Å². The van der Waals surface area contributed by atoms with Crippen LogP contribution in [0.1, 0.15) is 43.2 Å². The first-order chi connectivity index (χ1) is 10.3. The molecule has 0 amide bonds. The van der Waals surface area contributed by atoms with E-state index in [0.717, 1.165) is 18.6 Å². The maximum absolute atomic E-state index is 13.5. The third kappa shape index (κ3) is 2.22. The van der Waals surface area contributed by atoms with Crippen molar-refractivity contribution in [2.24, 2.45) is 0 Å². The Bertz CT molecular complexity index is 750. The van der Waals surface area contributed by atoms with E-state index in [0.29, 0.717) is 12.8 Å². The summed E-state index contributed by atoms with van der Waals surface area (Å²) in [5.74, 6) is -2.31. The van der Waals surface area contributed by atoms with Gasteiger partial charge in [0, 0.05) is 5.56 Å². The fourth-order valence-corrected chi connectivity index (χ4v) is 6.24. The Hall–Kier alpha value is -1.52. The SMILES string of the molecule is N#Cc1cc(F)c(F)cc1C1(O)CC2CCCC(C1)S2(=O)=O. The fraction of sp³-hybridized carbons (Fsp3) is 0.533. The molecule has 2 aliphatic rings. The number of hydrogen-bond acceptors (Lipinski definition) is 4. The van der Waals surface area contributed by atoms with Gasteiger partial charge in [-0.25, -0.2) is 17.2 Å². The number of nitrogens with zero attached hydrogens (tertiary/aromatic N) is 1. The maximum Gasteiger partial charge on any atom is 0.160 e. The molecule has 118 valence electrons. The van der Waals surface area contributed by atoms with Crippen LogP contribution in [0.3, 0.4) is 0 Å². The highest BCUT2D eigenvalue weighted by Crippen LogP contribution is 2.47. The van der Waals surface area contributed by atoms with Gasteiger partial charge in [-0.3, -0.25) is 0 Å². The van der Waals surface area contributed by atoms with E-state index in [4.69, 9.17) is 5.26 Å². The molecule has 0 aromatic heterocycles. The van der Waals surface area contributed by atoms with Crippen molar-refractivity contribution in [3.8, 4) is 6.07 Å². The summed E-state index contributed by atoms with van der Waals surface area (Å²) >= 11 is 0. The number of rotatable bonds is 1. The fourth-order valence-electron chi connectivity index (χ4n) is 3.69. The molecule has 2 aliphatic heterocycles. The van der Waals surface area contributed by atoms with Crippen LogP contribution in [0, 0.1) is 23.0 Å². The molecule has 3 rings (SSSR count). The highest BCUT2D eigenvalue weighted by molar-refractivity contribution is 7.92. The molecule has 1 aromatic rings. The molecule has 0 radical (unpaired) electrons. The number of nitriles is 1. The molecule has 2 bridgehead atoms. The summed E-state index contributed by atoms with van der Waals surface area (Å²) in [6.45, 7) is 0. The number of fused-ring (bicyclic) bond motifs is 2. The number of sulfone groups is 1. The summed E-state index contributed by atoms with van der Waals surface area (Å²) in [6, 6.07) is 3.33. The van der Waals surface area contributed by atoms with Gasteiger partial charge in [-0.05, 0) is 37.8 Å². The molecule has 4 nitrogen and oxygen atoms in total. The lowest BCUT2D eigenvalue weighted by atomic mass is 9.79. The monoisotopic (exact) mass is 327 g/mol. The Balaban J connectivity index is 2.10. The molecule has 7 heteroatoms. The quantitative estimate of drug-likeness (QED) is 0.857. The number of aliphatic hydroxyl groups is 1. The summed E-state index contributed by atoms with van der Waals surface area (Å²) in [5.41, 5.74) is -1.78. The third-order valence-corrected chi connectivity index (χ3v) is 7.46. The van der Waals surface area contributed by atoms with E-state index in [9.17, 15) is 22.3 Å². The van der Waals surface area contributed by atoms with Crippen molar-refractivity contribution in [3.05, 3.63) is 34.9 Å². The molecular weight excluding hydrogens is 312 g/mol. The summed E-state index contributed by atoms with van der Waals surface area (Å²) in [5, 5.41) is 18.6. The summed E-state index contributed by atoms with van der Waals surface area (Å²) < 4.78 is 51.4. The van der Waals surface area contributed by atoms with Gasteiger partial charge < -0.3 is 5.11 Å². The largest absolute Gasteiger partial charge is 0.385 e. The molecule has 2 unspecified atom stereocenters. The summed E-state index contributed by atoms with van der Waals surface area (Å²) in [6.07, 6.45) is 1.52. The molecule has 0 spiro atoms. The van der Waals surface area contributed by atoms with Crippen molar-refractivity contribution in [3.63, 3.8) is 0 Å². The second-order valence-electron chi connectivity index (χ2n) is 6.13. The van der Waals surface area contributed by atoms with E-state index in [1.165, 1.54) is 0 Å². The van der Waals surface area contributed by atoms with Crippen LogP contribution in [0.15, 0.2) is 12.1 Å². The molecule has 2 atom stereocenters. The average Bonchev–Trinajstić information content (AvgIpc) is 2.43. The highest BCUT2D eigenvalue weighted by atomic mass is 32.2. The number of halogens is 2. The number of benzene rings is 1. The van der Waals surface area contributed by atoms with Gasteiger partial charge in [-0.15, -0.1) is 0 Å². The highest BCUT2D eigenvalue weighted by Gasteiger charge is 2.51. The zero-order valence-electron chi connectivity index (χ0n) is 11.7. The first-order valence-electron chi connectivity index (χ1n) is 7.12. The first-order valence-corrected chi connectivity index (χ1v) is 8.73. The normalized spacial score (nSPS) is 33.2. The molecule has 22 heavy (non-hydrogen) atoms. The van der Waals surface area contributed by atoms with Crippen molar-refractivity contribution in [1.29, 1.82) is 5.26 Å². The zero-order chi connectivity index (χ0) is 16.1. The van der Waals surface area contributed by atoms with Crippen LogP contribution in [-0.4, -0.2) is 24.0 Å². The van der Waals surface area contributed by atoms with Crippen LogP contribution in [0.25, 0.3) is 0 Å². The van der Waals surface area contributed by atoms with Crippen LogP contribution in [-0.2, 0) is 15.4 Å². The van der Waals surface area contributed by atoms with Gasteiger partial charge in [-0.1, -0.05) is 6.42 Å². The van der Waals surface area contributed by atoms with Gasteiger partial charge in [0.15, 0.2) is 21.5 Å². The van der Waals surface area contributed by atoms with Gasteiger partial charge in [0.25, 0.3) is 0 Å². The van der Waals surface area contributed by atoms with E-state index in [1.54, 1.807) is 6.07 Å². The predicted octanol–water partition coefficient (Wildman–Crippen LogP) is 2.15. The Kier molecular flexibility index (Phi) is 3.49. The lowest BCUT2D eigenvalue weighted by Gasteiger charge is -2.44. The molecule has 1 aromatic carbocycles. The van der Waals surface area contributed by atoms with Crippen LogP contribution in [0.2, 0.25) is 0 Å². The molecular formula is C15H15F2NO3S. The van der Waals surface area contributed by atoms with Crippen molar-refractivity contribution >= 4 is 9.84 Å².